The SMILES string of the molecule is COc1ccc(COc2ccc(C(=O)N[C@H]3CCc4cc(-n5c(-c6cccnc6N)nc6c(C#N)cc(-n7cccn7)nc65)ccc43)cc2C2OC=CO2)cc1. The first-order valence-corrected chi connectivity index (χ1v) is 17.8. The van der Waals surface area contributed by atoms with Crippen molar-refractivity contribution in [1.29, 1.82) is 5.26 Å². The lowest BCUT2D eigenvalue weighted by atomic mass is 10.0. The molecule has 9 rings (SSSR count). The molecule has 1 aliphatic heterocycles. The third-order valence-electron chi connectivity index (χ3n) is 9.85. The molecule has 1 amide bonds. The molecule has 4 aromatic heterocycles. The van der Waals surface area contributed by atoms with Crippen LogP contribution in [0.15, 0.2) is 116 Å². The molecule has 14 heteroatoms. The summed E-state index contributed by atoms with van der Waals surface area (Å²) < 4.78 is 26.2. The summed E-state index contributed by atoms with van der Waals surface area (Å²) in [5, 5.41) is 17.7. The average Bonchev–Trinajstić information content (AvgIpc) is 4.08. The molecular weight excluding hydrogens is 711 g/mol. The molecule has 2 aliphatic rings. The number of hydrogen-bond donors (Lipinski definition) is 2. The minimum atomic E-state index is -0.750. The molecule has 3 N–H and O–H groups in total. The molecule has 0 unspecified atom stereocenters. The molecule has 3 aromatic carbocycles. The van der Waals surface area contributed by atoms with E-state index in [1.165, 1.54) is 12.5 Å². The van der Waals surface area contributed by atoms with Crippen LogP contribution in [0, 0.1) is 11.3 Å². The van der Waals surface area contributed by atoms with Gasteiger partial charge in [-0.05, 0) is 90.2 Å². The number of ether oxygens (including phenoxy) is 4. The molecular formula is C42H33N9O5. The number of nitrogen functional groups attached to an aromatic ring is 1. The number of rotatable bonds is 10. The van der Waals surface area contributed by atoms with Crippen LogP contribution in [0.25, 0.3) is 34.1 Å². The zero-order chi connectivity index (χ0) is 38.2. The summed E-state index contributed by atoms with van der Waals surface area (Å²) in [5.41, 5.74) is 13.0. The van der Waals surface area contributed by atoms with Crippen LogP contribution >= 0.6 is 0 Å². The van der Waals surface area contributed by atoms with E-state index in [4.69, 9.17) is 34.6 Å². The number of imidazole rings is 1. The minimum Gasteiger partial charge on any atom is -0.497 e. The Morgan fingerprint density at radius 2 is 1.86 bits per heavy atom. The lowest BCUT2D eigenvalue weighted by Crippen LogP contribution is -2.27. The number of pyridine rings is 2. The van der Waals surface area contributed by atoms with Crippen molar-refractivity contribution in [2.45, 2.75) is 31.8 Å². The Labute approximate surface area is 320 Å². The number of anilines is 1. The third-order valence-corrected chi connectivity index (χ3v) is 9.85. The van der Waals surface area contributed by atoms with E-state index in [2.05, 4.69) is 27.5 Å². The maximum absolute atomic E-state index is 13.8. The largest absolute Gasteiger partial charge is 0.497 e. The van der Waals surface area contributed by atoms with Gasteiger partial charge in [0.15, 0.2) is 17.3 Å². The number of nitrogens with zero attached hydrogens (tertiary/aromatic N) is 7. The van der Waals surface area contributed by atoms with E-state index in [1.54, 1.807) is 66.8 Å². The maximum Gasteiger partial charge on any atom is 0.269 e. The van der Waals surface area contributed by atoms with E-state index in [9.17, 15) is 10.1 Å². The van der Waals surface area contributed by atoms with Crippen LogP contribution in [0.3, 0.4) is 0 Å². The average molecular weight is 744 g/mol. The van der Waals surface area contributed by atoms with Crippen LogP contribution < -0.4 is 20.5 Å². The second kappa shape index (κ2) is 14.3. The van der Waals surface area contributed by atoms with Crippen molar-refractivity contribution in [2.75, 3.05) is 12.8 Å². The smallest absolute Gasteiger partial charge is 0.269 e. The highest BCUT2D eigenvalue weighted by Crippen LogP contribution is 2.38. The van der Waals surface area contributed by atoms with E-state index >= 15 is 0 Å². The molecule has 0 fully saturated rings. The predicted octanol–water partition coefficient (Wildman–Crippen LogP) is 6.64. The number of nitrogens with two attached hydrogens (primary N) is 1. The highest BCUT2D eigenvalue weighted by atomic mass is 16.7. The van der Waals surface area contributed by atoms with Crippen LogP contribution in [0.5, 0.6) is 11.5 Å². The molecule has 14 nitrogen and oxygen atoms in total. The van der Waals surface area contributed by atoms with Gasteiger partial charge in [-0.2, -0.15) is 10.4 Å². The minimum absolute atomic E-state index is 0.232. The van der Waals surface area contributed by atoms with Gasteiger partial charge in [-0.3, -0.25) is 9.36 Å². The molecule has 1 atom stereocenters. The lowest BCUT2D eigenvalue weighted by Gasteiger charge is -2.19. The number of nitrogens with one attached hydrogen (secondary N) is 1. The number of amides is 1. The second-order valence-electron chi connectivity index (χ2n) is 13.2. The van der Waals surface area contributed by atoms with Gasteiger partial charge < -0.3 is 30.0 Å². The Kier molecular flexibility index (Phi) is 8.71. The normalized spacial score (nSPS) is 14.5. The quantitative estimate of drug-likeness (QED) is 0.153. The highest BCUT2D eigenvalue weighted by Gasteiger charge is 2.28. The first kappa shape index (κ1) is 34.1. The fourth-order valence-corrected chi connectivity index (χ4v) is 7.08. The Bertz CT molecular complexity index is 2680. The van der Waals surface area contributed by atoms with Gasteiger partial charge in [0.2, 0.25) is 0 Å². The number of hydrogen-bond acceptors (Lipinski definition) is 11. The van der Waals surface area contributed by atoms with Crippen molar-refractivity contribution in [2.24, 2.45) is 0 Å². The standard InChI is InChI=1S/C42H33N9O5/c1-53-30-10-5-25(6-11-30)24-56-35-14-8-27(21-33(35)42-54-18-19-55-42)41(52)47-34-13-7-26-20-29(9-12-31(26)34)51-39(32-4-2-15-45-38(32)44)49-37-28(23-43)22-36(48-40(37)51)50-17-3-16-46-50/h2-6,8-12,14-22,34,42H,7,13,24H2,1H3,(H2,44,45)(H,47,52)/t34-/m0/s1. The van der Waals surface area contributed by atoms with Gasteiger partial charge in [-0.15, -0.1) is 0 Å². The molecule has 0 spiro atoms. The molecule has 5 heterocycles. The van der Waals surface area contributed by atoms with Crippen molar-refractivity contribution < 1.29 is 23.7 Å². The summed E-state index contributed by atoms with van der Waals surface area (Å²) in [7, 11) is 1.62. The van der Waals surface area contributed by atoms with Crippen LogP contribution in [-0.4, -0.2) is 42.3 Å². The lowest BCUT2D eigenvalue weighted by molar-refractivity contribution is -0.0266. The van der Waals surface area contributed by atoms with Gasteiger partial charge in [0.1, 0.15) is 48.0 Å². The Morgan fingerprint density at radius 1 is 1.00 bits per heavy atom. The van der Waals surface area contributed by atoms with E-state index in [-0.39, 0.29) is 11.9 Å². The molecule has 0 bridgehead atoms. The van der Waals surface area contributed by atoms with E-state index < -0.39 is 6.29 Å². The monoisotopic (exact) mass is 743 g/mol. The summed E-state index contributed by atoms with van der Waals surface area (Å²) in [6, 6.07) is 28.0. The summed E-state index contributed by atoms with van der Waals surface area (Å²) >= 11 is 0. The Balaban J connectivity index is 1.02. The van der Waals surface area contributed by atoms with Crippen LogP contribution in [0.1, 0.15) is 56.9 Å². The summed E-state index contributed by atoms with van der Waals surface area (Å²) in [6.45, 7) is 0.302. The third kappa shape index (κ3) is 6.26. The fourth-order valence-electron chi connectivity index (χ4n) is 7.08. The topological polar surface area (TPSA) is 177 Å². The molecule has 276 valence electrons. The highest BCUT2D eigenvalue weighted by molar-refractivity contribution is 5.95. The summed E-state index contributed by atoms with van der Waals surface area (Å²) in [5.74, 6) is 2.31. The zero-order valence-electron chi connectivity index (χ0n) is 30.0. The number of nitriles is 1. The molecule has 56 heavy (non-hydrogen) atoms. The number of methoxy groups -OCH3 is 1. The number of aromatic nitrogens is 6. The van der Waals surface area contributed by atoms with E-state index in [0.29, 0.717) is 69.7 Å². The van der Waals surface area contributed by atoms with E-state index in [0.717, 1.165) is 34.5 Å². The first-order chi connectivity index (χ1) is 27.5. The molecule has 0 radical (unpaired) electrons. The number of carbonyl (C=O) groups excluding carboxylic acids is 1. The number of aryl methyl sites for hydroxylation is 1. The Morgan fingerprint density at radius 3 is 2.62 bits per heavy atom. The van der Waals surface area contributed by atoms with Crippen molar-refractivity contribution >= 4 is 22.9 Å². The van der Waals surface area contributed by atoms with Crippen LogP contribution in [-0.2, 0) is 22.5 Å². The molecule has 7 aromatic rings. The van der Waals surface area contributed by atoms with E-state index in [1.807, 2.05) is 47.0 Å². The summed E-state index contributed by atoms with van der Waals surface area (Å²) in [6.07, 6.45) is 8.63. The predicted molar refractivity (Wildman–Crippen MR) is 205 cm³/mol. The first-order valence-electron chi connectivity index (χ1n) is 17.8. The van der Waals surface area contributed by atoms with Gasteiger partial charge >= 0.3 is 0 Å². The molecule has 1 aliphatic carbocycles. The number of benzene rings is 3. The van der Waals surface area contributed by atoms with Gasteiger partial charge in [0.05, 0.1) is 29.8 Å². The van der Waals surface area contributed by atoms with Crippen molar-refractivity contribution in [3.63, 3.8) is 0 Å². The van der Waals surface area contributed by atoms with Gasteiger partial charge in [-0.1, -0.05) is 18.2 Å². The molecule has 0 saturated carbocycles. The van der Waals surface area contributed by atoms with Crippen molar-refractivity contribution in [1.82, 2.24) is 34.6 Å². The van der Waals surface area contributed by atoms with Gasteiger partial charge in [0.25, 0.3) is 12.2 Å². The van der Waals surface area contributed by atoms with Crippen LogP contribution in [0.4, 0.5) is 5.82 Å². The van der Waals surface area contributed by atoms with Crippen LogP contribution in [0.2, 0.25) is 0 Å². The number of fused-ring (bicyclic) bond motifs is 2. The van der Waals surface area contributed by atoms with Gasteiger partial charge in [-0.25, -0.2) is 19.6 Å². The number of carbonyl (C=O) groups is 1. The zero-order valence-corrected chi connectivity index (χ0v) is 30.0. The Hall–Kier alpha value is -7.66. The fraction of sp³-hybridized carbons (Fsp3) is 0.143. The van der Waals surface area contributed by atoms with Crippen molar-refractivity contribution in [3.05, 3.63) is 149 Å². The van der Waals surface area contributed by atoms with Gasteiger partial charge in [0, 0.05) is 35.9 Å². The molecule has 0 saturated heterocycles. The van der Waals surface area contributed by atoms with Crippen molar-refractivity contribution in [3.8, 4) is 40.5 Å². The second-order valence-corrected chi connectivity index (χ2v) is 13.2. The summed E-state index contributed by atoms with van der Waals surface area (Å²) in [4.78, 5) is 28.0. The maximum atomic E-state index is 13.8.